The van der Waals surface area contributed by atoms with Gasteiger partial charge >= 0.3 is 5.97 Å². The van der Waals surface area contributed by atoms with Crippen LogP contribution in [-0.4, -0.2) is 27.8 Å². The molecule has 0 aromatic carbocycles. The number of ether oxygens (including phenoxy) is 1. The topological polar surface area (TPSA) is 70.2 Å². The summed E-state index contributed by atoms with van der Waals surface area (Å²) >= 11 is 0. The quantitative estimate of drug-likeness (QED) is 0.712. The van der Waals surface area contributed by atoms with Crippen LogP contribution in [0.25, 0.3) is 11.4 Å². The van der Waals surface area contributed by atoms with Gasteiger partial charge < -0.3 is 13.8 Å². The summed E-state index contributed by atoms with van der Waals surface area (Å²) in [5.74, 6) is 0.552. The van der Waals surface area contributed by atoms with Gasteiger partial charge in [-0.05, 0) is 6.07 Å². The number of nitrogens with zero attached hydrogens (tertiary/aromatic N) is 3. The number of hydrogen-bond donors (Lipinski definition) is 0. The Labute approximate surface area is 91.8 Å². The van der Waals surface area contributed by atoms with Gasteiger partial charge in [-0.1, -0.05) is 5.16 Å². The summed E-state index contributed by atoms with van der Waals surface area (Å²) in [5.41, 5.74) is 1.17. The number of carbonyl (C=O) groups is 1. The van der Waals surface area contributed by atoms with Crippen LogP contribution in [0.15, 0.2) is 16.8 Å². The largest absolute Gasteiger partial charge is 0.464 e. The summed E-state index contributed by atoms with van der Waals surface area (Å²) in [5, 5.41) is 3.77. The van der Waals surface area contributed by atoms with Gasteiger partial charge in [-0.3, -0.25) is 0 Å². The second kappa shape index (κ2) is 3.80. The average molecular weight is 221 g/mol. The Balaban J connectivity index is 2.41. The third kappa shape index (κ3) is 1.69. The third-order valence-corrected chi connectivity index (χ3v) is 2.19. The van der Waals surface area contributed by atoms with Crippen molar-refractivity contribution in [2.45, 2.75) is 6.92 Å². The first kappa shape index (κ1) is 10.4. The molecule has 0 unspecified atom stereocenters. The highest BCUT2D eigenvalue weighted by Crippen LogP contribution is 2.19. The van der Waals surface area contributed by atoms with Crippen LogP contribution in [-0.2, 0) is 11.8 Å². The standard InChI is InChI=1S/C10H11N3O3/c1-6-11-9(12-16-6)7-4-8(10(14)15-3)13(2)5-7/h4-5H,1-3H3. The molecule has 0 bridgehead atoms. The van der Waals surface area contributed by atoms with Crippen LogP contribution >= 0.6 is 0 Å². The number of esters is 1. The number of methoxy groups -OCH3 is 1. The molecule has 0 aliphatic carbocycles. The first-order chi connectivity index (χ1) is 7.61. The molecule has 2 aromatic heterocycles. The predicted molar refractivity (Wildman–Crippen MR) is 54.8 cm³/mol. The maximum atomic E-state index is 11.4. The predicted octanol–water partition coefficient (Wildman–Crippen LogP) is 1.17. The minimum absolute atomic E-state index is 0.394. The van der Waals surface area contributed by atoms with Crippen molar-refractivity contribution in [3.05, 3.63) is 23.8 Å². The van der Waals surface area contributed by atoms with Gasteiger partial charge in [0.2, 0.25) is 11.7 Å². The first-order valence-corrected chi connectivity index (χ1v) is 4.67. The Hall–Kier alpha value is -2.11. The average Bonchev–Trinajstić information content (AvgIpc) is 2.83. The summed E-state index contributed by atoms with van der Waals surface area (Å²) in [6.07, 6.45) is 1.75. The van der Waals surface area contributed by atoms with Crippen LogP contribution in [0.2, 0.25) is 0 Å². The molecule has 0 aliphatic rings. The lowest BCUT2D eigenvalue weighted by Crippen LogP contribution is -2.06. The first-order valence-electron chi connectivity index (χ1n) is 4.67. The van der Waals surface area contributed by atoms with Crippen molar-refractivity contribution in [2.24, 2.45) is 7.05 Å². The molecule has 0 spiro atoms. The molecule has 0 fully saturated rings. The fourth-order valence-corrected chi connectivity index (χ4v) is 1.41. The molecule has 0 amide bonds. The van der Waals surface area contributed by atoms with Crippen molar-refractivity contribution in [3.63, 3.8) is 0 Å². The van der Waals surface area contributed by atoms with Gasteiger partial charge in [0, 0.05) is 25.7 Å². The monoisotopic (exact) mass is 221 g/mol. The molecule has 2 rings (SSSR count). The molecular weight excluding hydrogens is 210 g/mol. The van der Waals surface area contributed by atoms with Crippen molar-refractivity contribution < 1.29 is 14.1 Å². The lowest BCUT2D eigenvalue weighted by Gasteiger charge is -1.98. The minimum Gasteiger partial charge on any atom is -0.464 e. The summed E-state index contributed by atoms with van der Waals surface area (Å²) in [6.45, 7) is 1.71. The zero-order valence-corrected chi connectivity index (χ0v) is 9.22. The van der Waals surface area contributed by atoms with E-state index in [0.29, 0.717) is 17.4 Å². The normalized spacial score (nSPS) is 10.4. The van der Waals surface area contributed by atoms with E-state index < -0.39 is 5.97 Å². The fourth-order valence-electron chi connectivity index (χ4n) is 1.41. The van der Waals surface area contributed by atoms with Crippen LogP contribution in [0.5, 0.6) is 0 Å². The van der Waals surface area contributed by atoms with Gasteiger partial charge in [0.15, 0.2) is 0 Å². The molecule has 0 saturated carbocycles. The number of aryl methyl sites for hydroxylation is 2. The van der Waals surface area contributed by atoms with E-state index in [4.69, 9.17) is 4.52 Å². The summed E-state index contributed by atoms with van der Waals surface area (Å²) in [6, 6.07) is 1.66. The maximum Gasteiger partial charge on any atom is 0.354 e. The Morgan fingerprint density at radius 1 is 1.56 bits per heavy atom. The van der Waals surface area contributed by atoms with E-state index in [0.717, 1.165) is 5.56 Å². The van der Waals surface area contributed by atoms with Gasteiger partial charge in [0.05, 0.1) is 7.11 Å². The van der Waals surface area contributed by atoms with Crippen LogP contribution in [0.1, 0.15) is 16.4 Å². The zero-order chi connectivity index (χ0) is 11.7. The van der Waals surface area contributed by atoms with Crippen LogP contribution < -0.4 is 0 Å². The van der Waals surface area contributed by atoms with Gasteiger partial charge in [-0.25, -0.2) is 4.79 Å². The van der Waals surface area contributed by atoms with Crippen molar-refractivity contribution in [1.82, 2.24) is 14.7 Å². The second-order valence-electron chi connectivity index (χ2n) is 3.35. The van der Waals surface area contributed by atoms with Crippen LogP contribution in [0.3, 0.4) is 0 Å². The van der Waals surface area contributed by atoms with Gasteiger partial charge in [-0.15, -0.1) is 0 Å². The summed E-state index contributed by atoms with van der Waals surface area (Å²) in [7, 11) is 3.09. The molecule has 0 atom stereocenters. The lowest BCUT2D eigenvalue weighted by atomic mass is 10.3. The van der Waals surface area contributed by atoms with E-state index in [1.165, 1.54) is 7.11 Å². The van der Waals surface area contributed by atoms with E-state index in [1.807, 2.05) is 0 Å². The Morgan fingerprint density at radius 3 is 2.88 bits per heavy atom. The highest BCUT2D eigenvalue weighted by molar-refractivity contribution is 5.89. The van der Waals surface area contributed by atoms with Crippen molar-refractivity contribution >= 4 is 5.97 Å². The van der Waals surface area contributed by atoms with Gasteiger partial charge in [0.1, 0.15) is 5.69 Å². The van der Waals surface area contributed by atoms with Crippen molar-refractivity contribution in [1.29, 1.82) is 0 Å². The molecular formula is C10H11N3O3. The highest BCUT2D eigenvalue weighted by atomic mass is 16.5. The summed E-state index contributed by atoms with van der Waals surface area (Å²) < 4.78 is 11.2. The number of hydrogen-bond acceptors (Lipinski definition) is 5. The lowest BCUT2D eigenvalue weighted by molar-refractivity contribution is 0.0590. The second-order valence-corrected chi connectivity index (χ2v) is 3.35. The van der Waals surface area contributed by atoms with Crippen molar-refractivity contribution in [3.8, 4) is 11.4 Å². The molecule has 6 nitrogen and oxygen atoms in total. The molecule has 0 radical (unpaired) electrons. The number of carbonyl (C=O) groups excluding carboxylic acids is 1. The van der Waals surface area contributed by atoms with Crippen molar-refractivity contribution in [2.75, 3.05) is 7.11 Å². The Bertz CT molecular complexity index is 527. The number of rotatable bonds is 2. The Kier molecular flexibility index (Phi) is 2.47. The van der Waals surface area contributed by atoms with E-state index in [1.54, 1.807) is 30.8 Å². The Morgan fingerprint density at radius 2 is 2.31 bits per heavy atom. The van der Waals surface area contributed by atoms with Crippen LogP contribution in [0, 0.1) is 6.92 Å². The molecule has 6 heteroatoms. The SMILES string of the molecule is COC(=O)c1cc(-c2noc(C)n2)cn1C. The number of aromatic nitrogens is 3. The maximum absolute atomic E-state index is 11.4. The highest BCUT2D eigenvalue weighted by Gasteiger charge is 2.15. The molecule has 16 heavy (non-hydrogen) atoms. The van der Waals surface area contributed by atoms with Crippen LogP contribution in [0.4, 0.5) is 0 Å². The van der Waals surface area contributed by atoms with E-state index >= 15 is 0 Å². The molecule has 2 aromatic rings. The van der Waals surface area contributed by atoms with Gasteiger partial charge in [-0.2, -0.15) is 4.98 Å². The molecule has 0 N–H and O–H groups in total. The molecule has 0 saturated heterocycles. The van der Waals surface area contributed by atoms with E-state index in [9.17, 15) is 4.79 Å². The zero-order valence-electron chi connectivity index (χ0n) is 9.22. The van der Waals surface area contributed by atoms with E-state index in [2.05, 4.69) is 14.9 Å². The van der Waals surface area contributed by atoms with Gasteiger partial charge in [0.25, 0.3) is 0 Å². The molecule has 2 heterocycles. The summed E-state index contributed by atoms with van der Waals surface area (Å²) in [4.78, 5) is 15.5. The molecule has 84 valence electrons. The molecule has 0 aliphatic heterocycles. The third-order valence-electron chi connectivity index (χ3n) is 2.19. The van der Waals surface area contributed by atoms with E-state index in [-0.39, 0.29) is 0 Å². The minimum atomic E-state index is -0.394. The smallest absolute Gasteiger partial charge is 0.354 e. The fraction of sp³-hybridized carbons (Fsp3) is 0.300.